The molecule has 0 saturated carbocycles. The summed E-state index contributed by atoms with van der Waals surface area (Å²) in [5.41, 5.74) is 5.89. The average Bonchev–Trinajstić information content (AvgIpc) is 2.24. The summed E-state index contributed by atoms with van der Waals surface area (Å²) < 4.78 is 0. The van der Waals surface area contributed by atoms with E-state index in [2.05, 4.69) is 17.1 Å². The second kappa shape index (κ2) is 6.08. The Morgan fingerprint density at radius 2 is 2.40 bits per heavy atom. The number of hydrogen-bond acceptors (Lipinski definition) is 3. The highest BCUT2D eigenvalue weighted by Gasteiger charge is 2.25. The largest absolute Gasteiger partial charge is 0.355 e. The van der Waals surface area contributed by atoms with Crippen molar-refractivity contribution in [3.05, 3.63) is 0 Å². The number of carbonyl (C=O) groups excluding carboxylic acids is 1. The van der Waals surface area contributed by atoms with Crippen LogP contribution in [-0.2, 0) is 4.79 Å². The molecule has 3 N–H and O–H groups in total. The molecule has 0 aromatic heterocycles. The van der Waals surface area contributed by atoms with Gasteiger partial charge in [-0.1, -0.05) is 6.92 Å². The number of amides is 1. The van der Waals surface area contributed by atoms with Gasteiger partial charge in [-0.3, -0.25) is 9.69 Å². The van der Waals surface area contributed by atoms with Gasteiger partial charge < -0.3 is 11.1 Å². The third kappa shape index (κ3) is 3.80. The van der Waals surface area contributed by atoms with Crippen LogP contribution >= 0.6 is 0 Å². The van der Waals surface area contributed by atoms with Crippen molar-refractivity contribution < 1.29 is 4.79 Å². The van der Waals surface area contributed by atoms with E-state index in [0.717, 1.165) is 38.9 Å². The highest BCUT2D eigenvalue weighted by atomic mass is 16.2. The summed E-state index contributed by atoms with van der Waals surface area (Å²) in [6.45, 7) is 6.63. The van der Waals surface area contributed by atoms with E-state index in [4.69, 9.17) is 5.73 Å². The number of rotatable bonds is 4. The Bertz CT molecular complexity index is 208. The first-order chi connectivity index (χ1) is 7.15. The number of piperidine rings is 1. The fourth-order valence-corrected chi connectivity index (χ4v) is 1.95. The molecule has 1 amide bonds. The molecule has 4 nitrogen and oxygen atoms in total. The second-order valence-electron chi connectivity index (χ2n) is 4.36. The summed E-state index contributed by atoms with van der Waals surface area (Å²) in [7, 11) is 0. The average molecular weight is 213 g/mol. The smallest absolute Gasteiger partial charge is 0.237 e. The molecule has 1 heterocycles. The van der Waals surface area contributed by atoms with E-state index in [9.17, 15) is 4.79 Å². The molecule has 1 aliphatic heterocycles. The highest BCUT2D eigenvalue weighted by Crippen LogP contribution is 2.11. The molecule has 1 aliphatic rings. The van der Waals surface area contributed by atoms with E-state index < -0.39 is 0 Å². The summed E-state index contributed by atoms with van der Waals surface area (Å²) in [6.07, 6.45) is 3.17. The summed E-state index contributed by atoms with van der Waals surface area (Å²) in [5, 5.41) is 2.92. The predicted molar refractivity (Wildman–Crippen MR) is 61.5 cm³/mol. The molecule has 0 radical (unpaired) electrons. The quantitative estimate of drug-likeness (QED) is 0.707. The van der Waals surface area contributed by atoms with Gasteiger partial charge in [-0.2, -0.15) is 0 Å². The van der Waals surface area contributed by atoms with E-state index in [0.29, 0.717) is 0 Å². The molecule has 2 unspecified atom stereocenters. The van der Waals surface area contributed by atoms with Gasteiger partial charge in [0.05, 0.1) is 6.04 Å². The van der Waals surface area contributed by atoms with Crippen LogP contribution < -0.4 is 11.1 Å². The van der Waals surface area contributed by atoms with Crippen LogP contribution in [0.3, 0.4) is 0 Å². The van der Waals surface area contributed by atoms with Gasteiger partial charge in [0.25, 0.3) is 0 Å². The lowest BCUT2D eigenvalue weighted by Gasteiger charge is -2.34. The number of nitrogens with two attached hydrogens (primary N) is 1. The topological polar surface area (TPSA) is 58.4 Å². The number of nitrogens with one attached hydrogen (secondary N) is 1. The first-order valence-electron chi connectivity index (χ1n) is 5.92. The Morgan fingerprint density at radius 3 is 3.00 bits per heavy atom. The van der Waals surface area contributed by atoms with Crippen molar-refractivity contribution in [3.8, 4) is 0 Å². The summed E-state index contributed by atoms with van der Waals surface area (Å²) in [5.74, 6) is 0.131. The minimum absolute atomic E-state index is 0.0390. The predicted octanol–water partition coefficient (Wildman–Crippen LogP) is 0.324. The van der Waals surface area contributed by atoms with Crippen molar-refractivity contribution in [2.24, 2.45) is 5.73 Å². The Balaban J connectivity index is 2.37. The zero-order valence-corrected chi connectivity index (χ0v) is 9.83. The van der Waals surface area contributed by atoms with Crippen LogP contribution in [-0.4, -0.2) is 42.5 Å². The molecular formula is C11H23N3O. The maximum Gasteiger partial charge on any atom is 0.237 e. The van der Waals surface area contributed by atoms with Gasteiger partial charge in [0, 0.05) is 19.1 Å². The third-order valence-corrected chi connectivity index (χ3v) is 2.97. The van der Waals surface area contributed by atoms with Crippen molar-refractivity contribution in [1.82, 2.24) is 10.2 Å². The van der Waals surface area contributed by atoms with E-state index >= 15 is 0 Å². The number of likely N-dealkylation sites (tertiary alicyclic amines) is 1. The molecule has 1 rings (SSSR count). The van der Waals surface area contributed by atoms with Gasteiger partial charge in [0.15, 0.2) is 0 Å². The van der Waals surface area contributed by atoms with Crippen molar-refractivity contribution in [3.63, 3.8) is 0 Å². The van der Waals surface area contributed by atoms with Gasteiger partial charge in [-0.15, -0.1) is 0 Å². The molecule has 0 bridgehead atoms. The number of carbonyl (C=O) groups is 1. The lowest BCUT2D eigenvalue weighted by molar-refractivity contribution is -0.126. The minimum Gasteiger partial charge on any atom is -0.355 e. The molecule has 1 saturated heterocycles. The molecule has 88 valence electrons. The molecule has 0 aromatic rings. The van der Waals surface area contributed by atoms with Gasteiger partial charge >= 0.3 is 0 Å². The fourth-order valence-electron chi connectivity index (χ4n) is 1.95. The Kier molecular flexibility index (Phi) is 5.05. The Labute approximate surface area is 92.2 Å². The molecule has 4 heteroatoms. The molecule has 0 aliphatic carbocycles. The first-order valence-corrected chi connectivity index (χ1v) is 5.92. The van der Waals surface area contributed by atoms with Gasteiger partial charge in [-0.25, -0.2) is 0 Å². The second-order valence-corrected chi connectivity index (χ2v) is 4.36. The van der Waals surface area contributed by atoms with Gasteiger partial charge in [0.2, 0.25) is 5.91 Å². The monoisotopic (exact) mass is 213 g/mol. The Morgan fingerprint density at radius 1 is 1.67 bits per heavy atom. The van der Waals surface area contributed by atoms with E-state index in [-0.39, 0.29) is 18.0 Å². The molecular weight excluding hydrogens is 190 g/mol. The van der Waals surface area contributed by atoms with Crippen molar-refractivity contribution in [2.45, 2.75) is 45.2 Å². The normalized spacial score (nSPS) is 24.9. The summed E-state index contributed by atoms with van der Waals surface area (Å²) in [4.78, 5) is 13.9. The standard InChI is InChI=1S/C11H23N3O/c1-3-6-13-11(15)9(2)14-7-4-5-10(12)8-14/h9-10H,3-8,12H2,1-2H3,(H,13,15). The van der Waals surface area contributed by atoms with Crippen LogP contribution in [0.5, 0.6) is 0 Å². The zero-order chi connectivity index (χ0) is 11.3. The van der Waals surface area contributed by atoms with Gasteiger partial charge in [-0.05, 0) is 32.7 Å². The van der Waals surface area contributed by atoms with E-state index in [1.54, 1.807) is 0 Å². The van der Waals surface area contributed by atoms with Crippen LogP contribution in [0, 0.1) is 0 Å². The molecule has 1 fully saturated rings. The summed E-state index contributed by atoms with van der Waals surface area (Å²) >= 11 is 0. The van der Waals surface area contributed by atoms with Crippen LogP contribution in [0.15, 0.2) is 0 Å². The van der Waals surface area contributed by atoms with E-state index in [1.807, 2.05) is 6.92 Å². The Hall–Kier alpha value is -0.610. The minimum atomic E-state index is -0.0390. The van der Waals surface area contributed by atoms with Crippen molar-refractivity contribution in [2.75, 3.05) is 19.6 Å². The molecule has 0 spiro atoms. The van der Waals surface area contributed by atoms with Crippen molar-refractivity contribution in [1.29, 1.82) is 0 Å². The molecule has 0 aromatic carbocycles. The number of hydrogen-bond donors (Lipinski definition) is 2. The van der Waals surface area contributed by atoms with E-state index in [1.165, 1.54) is 0 Å². The van der Waals surface area contributed by atoms with Crippen molar-refractivity contribution >= 4 is 5.91 Å². The van der Waals surface area contributed by atoms with Gasteiger partial charge in [0.1, 0.15) is 0 Å². The maximum absolute atomic E-state index is 11.7. The summed E-state index contributed by atoms with van der Waals surface area (Å²) in [6, 6.07) is 0.197. The maximum atomic E-state index is 11.7. The SMILES string of the molecule is CCCNC(=O)C(C)N1CCCC(N)C1. The number of nitrogens with zero attached hydrogens (tertiary/aromatic N) is 1. The van der Waals surface area contributed by atoms with Crippen LogP contribution in [0.1, 0.15) is 33.1 Å². The van der Waals surface area contributed by atoms with Crippen LogP contribution in [0.4, 0.5) is 0 Å². The highest BCUT2D eigenvalue weighted by molar-refractivity contribution is 5.81. The van der Waals surface area contributed by atoms with Crippen LogP contribution in [0.25, 0.3) is 0 Å². The fraction of sp³-hybridized carbons (Fsp3) is 0.909. The lowest BCUT2D eigenvalue weighted by atomic mass is 10.0. The zero-order valence-electron chi connectivity index (χ0n) is 9.83. The molecule has 2 atom stereocenters. The lowest BCUT2D eigenvalue weighted by Crippen LogP contribution is -2.52. The van der Waals surface area contributed by atoms with Crippen LogP contribution in [0.2, 0.25) is 0 Å². The third-order valence-electron chi connectivity index (χ3n) is 2.97. The first kappa shape index (κ1) is 12.5. The molecule has 15 heavy (non-hydrogen) atoms.